The number of carbonyl (C=O) groups excluding carboxylic acids is 1. The van der Waals surface area contributed by atoms with E-state index in [0.717, 1.165) is 35.6 Å². The van der Waals surface area contributed by atoms with Crippen molar-refractivity contribution >= 4 is 16.8 Å². The van der Waals surface area contributed by atoms with Gasteiger partial charge in [0.15, 0.2) is 0 Å². The number of para-hydroxylation sites is 1. The predicted octanol–water partition coefficient (Wildman–Crippen LogP) is 4.07. The van der Waals surface area contributed by atoms with Gasteiger partial charge in [-0.25, -0.2) is 0 Å². The van der Waals surface area contributed by atoms with Crippen LogP contribution in [0.15, 0.2) is 30.3 Å². The summed E-state index contributed by atoms with van der Waals surface area (Å²) in [5.41, 5.74) is 2.46. The molecule has 1 aliphatic heterocycles. The minimum absolute atomic E-state index is 0.0243. The van der Waals surface area contributed by atoms with Crippen LogP contribution in [0.25, 0.3) is 10.9 Å². The Morgan fingerprint density at radius 3 is 2.77 bits per heavy atom. The second kappa shape index (κ2) is 7.75. The van der Waals surface area contributed by atoms with Gasteiger partial charge in [0.2, 0.25) is 0 Å². The summed E-state index contributed by atoms with van der Waals surface area (Å²) < 4.78 is 0. The number of pyridine rings is 1. The van der Waals surface area contributed by atoms with E-state index in [1.165, 1.54) is 45.1 Å². The number of aryl methyl sites for hydroxylation is 1. The van der Waals surface area contributed by atoms with Crippen LogP contribution < -0.4 is 5.32 Å². The molecule has 1 unspecified atom stereocenters. The summed E-state index contributed by atoms with van der Waals surface area (Å²) in [5.74, 6) is 0.0243. The molecule has 0 radical (unpaired) electrons. The Labute approximate surface area is 156 Å². The van der Waals surface area contributed by atoms with E-state index in [-0.39, 0.29) is 11.9 Å². The first kappa shape index (κ1) is 17.5. The summed E-state index contributed by atoms with van der Waals surface area (Å²) in [7, 11) is 0. The molecule has 2 fully saturated rings. The van der Waals surface area contributed by atoms with E-state index in [9.17, 15) is 4.79 Å². The molecule has 2 aromatic rings. The summed E-state index contributed by atoms with van der Waals surface area (Å²) in [6, 6.07) is 10.9. The number of amides is 1. The Bertz CT molecular complexity index is 782. The molecule has 138 valence electrons. The van der Waals surface area contributed by atoms with Crippen LogP contribution in [-0.2, 0) is 0 Å². The van der Waals surface area contributed by atoms with Crippen molar-refractivity contribution in [2.75, 3.05) is 13.1 Å². The molecule has 4 heteroatoms. The number of piperidine rings is 1. The smallest absolute Gasteiger partial charge is 0.253 e. The number of hydrogen-bond donors (Lipinski definition) is 1. The molecule has 1 atom stereocenters. The fraction of sp³-hybridized carbons (Fsp3) is 0.545. The maximum absolute atomic E-state index is 12.9. The lowest BCUT2D eigenvalue weighted by molar-refractivity contribution is 0.0835. The van der Waals surface area contributed by atoms with Gasteiger partial charge in [-0.2, -0.15) is 0 Å². The predicted molar refractivity (Wildman–Crippen MR) is 105 cm³/mol. The minimum Gasteiger partial charge on any atom is -0.348 e. The van der Waals surface area contributed by atoms with Gasteiger partial charge in [0, 0.05) is 24.0 Å². The monoisotopic (exact) mass is 351 g/mol. The molecule has 1 aliphatic carbocycles. The highest BCUT2D eigenvalue weighted by Crippen LogP contribution is 2.25. The van der Waals surface area contributed by atoms with Gasteiger partial charge in [-0.3, -0.25) is 14.7 Å². The standard InChI is InChI=1S/C22H29N3O/c1-16-20(14-17-8-5-6-12-21(17)23-16)22(26)24-18-9-7-13-25(15-18)19-10-3-2-4-11-19/h5-6,8,12,14,18-19H,2-4,7,9-11,13,15H2,1H3,(H,24,26). The number of hydrogen-bond acceptors (Lipinski definition) is 3. The van der Waals surface area contributed by atoms with Gasteiger partial charge in [-0.05, 0) is 51.3 Å². The van der Waals surface area contributed by atoms with Crippen LogP contribution in [0, 0.1) is 6.92 Å². The molecule has 1 amide bonds. The fourth-order valence-electron chi connectivity index (χ4n) is 4.61. The SMILES string of the molecule is Cc1nc2ccccc2cc1C(=O)NC1CCCN(C2CCCCC2)C1. The van der Waals surface area contributed by atoms with Crippen LogP contribution >= 0.6 is 0 Å². The van der Waals surface area contributed by atoms with Crippen LogP contribution in [0.5, 0.6) is 0 Å². The number of fused-ring (bicyclic) bond motifs is 1. The van der Waals surface area contributed by atoms with E-state index in [2.05, 4.69) is 15.2 Å². The Morgan fingerprint density at radius 1 is 1.12 bits per heavy atom. The van der Waals surface area contributed by atoms with Crippen molar-refractivity contribution in [2.45, 2.75) is 64.0 Å². The highest BCUT2D eigenvalue weighted by molar-refractivity contribution is 5.98. The van der Waals surface area contributed by atoms with E-state index < -0.39 is 0 Å². The lowest BCUT2D eigenvalue weighted by atomic mass is 9.92. The summed E-state index contributed by atoms with van der Waals surface area (Å²) >= 11 is 0. The Hall–Kier alpha value is -1.94. The van der Waals surface area contributed by atoms with Crippen molar-refractivity contribution in [1.82, 2.24) is 15.2 Å². The zero-order valence-electron chi connectivity index (χ0n) is 15.7. The molecular formula is C22H29N3O. The highest BCUT2D eigenvalue weighted by Gasteiger charge is 2.28. The second-order valence-corrected chi connectivity index (χ2v) is 7.91. The normalized spacial score (nSPS) is 22.4. The maximum atomic E-state index is 12.9. The van der Waals surface area contributed by atoms with Crippen molar-refractivity contribution in [3.63, 3.8) is 0 Å². The van der Waals surface area contributed by atoms with Gasteiger partial charge in [0.25, 0.3) is 5.91 Å². The number of nitrogens with one attached hydrogen (secondary N) is 1. The summed E-state index contributed by atoms with van der Waals surface area (Å²) in [6.45, 7) is 4.11. The second-order valence-electron chi connectivity index (χ2n) is 7.91. The molecule has 1 saturated carbocycles. The van der Waals surface area contributed by atoms with Crippen molar-refractivity contribution in [3.8, 4) is 0 Å². The zero-order chi connectivity index (χ0) is 17.9. The van der Waals surface area contributed by atoms with Gasteiger partial charge in [-0.15, -0.1) is 0 Å². The van der Waals surface area contributed by atoms with Crippen LogP contribution in [0.2, 0.25) is 0 Å². The van der Waals surface area contributed by atoms with Crippen LogP contribution in [0.4, 0.5) is 0 Å². The third kappa shape index (κ3) is 3.75. The Kier molecular flexibility index (Phi) is 5.21. The van der Waals surface area contributed by atoms with Crippen molar-refractivity contribution in [2.24, 2.45) is 0 Å². The maximum Gasteiger partial charge on any atom is 0.253 e. The van der Waals surface area contributed by atoms with Gasteiger partial charge in [0.05, 0.1) is 16.8 Å². The molecule has 1 aromatic carbocycles. The summed E-state index contributed by atoms with van der Waals surface area (Å²) in [4.78, 5) is 20.1. The van der Waals surface area contributed by atoms with Crippen molar-refractivity contribution in [1.29, 1.82) is 0 Å². The van der Waals surface area contributed by atoms with Crippen LogP contribution in [-0.4, -0.2) is 41.0 Å². The van der Waals surface area contributed by atoms with E-state index >= 15 is 0 Å². The molecule has 1 N–H and O–H groups in total. The number of benzene rings is 1. The topological polar surface area (TPSA) is 45.2 Å². The Balaban J connectivity index is 1.45. The zero-order valence-corrected chi connectivity index (χ0v) is 15.7. The molecule has 1 saturated heterocycles. The average molecular weight is 351 g/mol. The molecule has 26 heavy (non-hydrogen) atoms. The molecule has 0 bridgehead atoms. The lowest BCUT2D eigenvalue weighted by Gasteiger charge is -2.40. The molecule has 0 spiro atoms. The number of nitrogens with zero attached hydrogens (tertiary/aromatic N) is 2. The molecule has 4 rings (SSSR count). The first-order valence-corrected chi connectivity index (χ1v) is 10.1. The molecule has 4 nitrogen and oxygen atoms in total. The number of likely N-dealkylation sites (tertiary alicyclic amines) is 1. The molecule has 2 heterocycles. The fourth-order valence-corrected chi connectivity index (χ4v) is 4.61. The van der Waals surface area contributed by atoms with Gasteiger partial charge >= 0.3 is 0 Å². The van der Waals surface area contributed by atoms with Crippen molar-refractivity contribution < 1.29 is 4.79 Å². The number of carbonyl (C=O) groups is 1. The highest BCUT2D eigenvalue weighted by atomic mass is 16.1. The Morgan fingerprint density at radius 2 is 1.92 bits per heavy atom. The van der Waals surface area contributed by atoms with Crippen molar-refractivity contribution in [3.05, 3.63) is 41.6 Å². The average Bonchev–Trinajstić information content (AvgIpc) is 2.68. The van der Waals surface area contributed by atoms with Gasteiger partial charge in [0.1, 0.15) is 0 Å². The number of rotatable bonds is 3. The number of aromatic nitrogens is 1. The quantitative estimate of drug-likeness (QED) is 0.907. The van der Waals surface area contributed by atoms with Gasteiger partial charge in [-0.1, -0.05) is 37.5 Å². The van der Waals surface area contributed by atoms with E-state index in [0.29, 0.717) is 5.56 Å². The van der Waals surface area contributed by atoms with Crippen LogP contribution in [0.3, 0.4) is 0 Å². The van der Waals surface area contributed by atoms with Gasteiger partial charge < -0.3 is 5.32 Å². The minimum atomic E-state index is 0.0243. The molecule has 2 aliphatic rings. The summed E-state index contributed by atoms with van der Waals surface area (Å²) in [6.07, 6.45) is 9.02. The van der Waals surface area contributed by atoms with Crippen LogP contribution in [0.1, 0.15) is 61.0 Å². The third-order valence-electron chi connectivity index (χ3n) is 6.04. The molecular weight excluding hydrogens is 322 g/mol. The first-order valence-electron chi connectivity index (χ1n) is 10.1. The lowest BCUT2D eigenvalue weighted by Crippen LogP contribution is -2.51. The van der Waals surface area contributed by atoms with E-state index in [1.54, 1.807) is 0 Å². The van der Waals surface area contributed by atoms with E-state index in [1.807, 2.05) is 37.3 Å². The first-order chi connectivity index (χ1) is 12.7. The third-order valence-corrected chi connectivity index (χ3v) is 6.04. The molecule has 1 aromatic heterocycles. The largest absolute Gasteiger partial charge is 0.348 e. The summed E-state index contributed by atoms with van der Waals surface area (Å²) in [5, 5.41) is 4.31. The van der Waals surface area contributed by atoms with E-state index in [4.69, 9.17) is 0 Å².